The molecule has 3 aromatic carbocycles. The molecule has 0 aromatic heterocycles. The van der Waals surface area contributed by atoms with Gasteiger partial charge in [-0.3, -0.25) is 9.52 Å². The van der Waals surface area contributed by atoms with Crippen LogP contribution in [0.4, 0.5) is 5.69 Å². The number of amides is 1. The Morgan fingerprint density at radius 3 is 2.47 bits per heavy atom. The molecule has 1 aliphatic heterocycles. The first-order valence-corrected chi connectivity index (χ1v) is 12.3. The minimum absolute atomic E-state index is 0.0423. The normalized spacial score (nSPS) is 12.6. The number of fused-ring (bicyclic) bond motifs is 1. The van der Waals surface area contributed by atoms with E-state index in [0.717, 1.165) is 5.56 Å². The highest BCUT2D eigenvalue weighted by Gasteiger charge is 2.22. The third-order valence-corrected chi connectivity index (χ3v) is 6.82. The molecular formula is C25H26N2O6S. The number of carbonyl (C=O) groups is 1. The van der Waals surface area contributed by atoms with Crippen molar-refractivity contribution in [3.05, 3.63) is 77.9 Å². The molecule has 4 rings (SSSR count). The lowest BCUT2D eigenvalue weighted by molar-refractivity contribution is 0.0749. The SMILES string of the molecule is CCN(Cc1cccc2c1OCCO2)C(=O)c1ccc(S(=O)(=O)Nc2ccccc2OC)cc1. The summed E-state index contributed by atoms with van der Waals surface area (Å²) in [6, 6.07) is 18.2. The number of hydrogen-bond acceptors (Lipinski definition) is 6. The molecule has 8 nitrogen and oxygen atoms in total. The number of anilines is 1. The summed E-state index contributed by atoms with van der Waals surface area (Å²) in [6.07, 6.45) is 0. The van der Waals surface area contributed by atoms with E-state index in [9.17, 15) is 13.2 Å². The van der Waals surface area contributed by atoms with Gasteiger partial charge in [-0.25, -0.2) is 8.42 Å². The molecular weight excluding hydrogens is 456 g/mol. The lowest BCUT2D eigenvalue weighted by atomic mass is 10.1. The molecule has 0 atom stereocenters. The van der Waals surface area contributed by atoms with Crippen molar-refractivity contribution in [1.82, 2.24) is 4.90 Å². The van der Waals surface area contributed by atoms with E-state index >= 15 is 0 Å². The number of ether oxygens (including phenoxy) is 3. The molecule has 0 bridgehead atoms. The van der Waals surface area contributed by atoms with Gasteiger partial charge in [0.2, 0.25) is 0 Å². The molecule has 178 valence electrons. The van der Waals surface area contributed by atoms with Gasteiger partial charge < -0.3 is 19.1 Å². The van der Waals surface area contributed by atoms with Crippen LogP contribution in [0.15, 0.2) is 71.6 Å². The molecule has 3 aromatic rings. The van der Waals surface area contributed by atoms with Gasteiger partial charge in [-0.1, -0.05) is 24.3 Å². The van der Waals surface area contributed by atoms with Gasteiger partial charge >= 0.3 is 0 Å². The molecule has 1 aliphatic rings. The van der Waals surface area contributed by atoms with Crippen LogP contribution in [0, 0.1) is 0 Å². The number of nitrogens with one attached hydrogen (secondary N) is 1. The Bertz CT molecular complexity index is 1270. The Balaban J connectivity index is 1.51. The number of methoxy groups -OCH3 is 1. The van der Waals surface area contributed by atoms with Gasteiger partial charge in [0.15, 0.2) is 11.5 Å². The molecule has 34 heavy (non-hydrogen) atoms. The number of rotatable bonds is 8. The van der Waals surface area contributed by atoms with Crippen LogP contribution in [0.3, 0.4) is 0 Å². The third-order valence-electron chi connectivity index (χ3n) is 5.44. The van der Waals surface area contributed by atoms with Crippen LogP contribution in [0.2, 0.25) is 0 Å². The average Bonchev–Trinajstić information content (AvgIpc) is 2.87. The number of sulfonamides is 1. The maximum atomic E-state index is 13.2. The van der Waals surface area contributed by atoms with Crippen molar-refractivity contribution < 1.29 is 27.4 Å². The zero-order chi connectivity index (χ0) is 24.1. The summed E-state index contributed by atoms with van der Waals surface area (Å²) in [5.41, 5.74) is 1.58. The lowest BCUT2D eigenvalue weighted by Crippen LogP contribution is -2.31. The Morgan fingerprint density at radius 1 is 1.00 bits per heavy atom. The highest BCUT2D eigenvalue weighted by Crippen LogP contribution is 2.34. The van der Waals surface area contributed by atoms with Crippen LogP contribution < -0.4 is 18.9 Å². The molecule has 1 N–H and O–H groups in total. The van der Waals surface area contributed by atoms with Crippen molar-refractivity contribution in [2.75, 3.05) is 31.6 Å². The van der Waals surface area contributed by atoms with E-state index in [0.29, 0.717) is 54.8 Å². The van der Waals surface area contributed by atoms with Crippen molar-refractivity contribution in [2.24, 2.45) is 0 Å². The Kier molecular flexibility index (Phi) is 6.93. The van der Waals surface area contributed by atoms with Gasteiger partial charge in [-0.2, -0.15) is 0 Å². The molecule has 0 saturated heterocycles. The first kappa shape index (κ1) is 23.4. The third kappa shape index (κ3) is 4.94. The van der Waals surface area contributed by atoms with Crippen molar-refractivity contribution >= 4 is 21.6 Å². The molecule has 1 amide bonds. The predicted octanol–water partition coefficient (Wildman–Crippen LogP) is 3.93. The van der Waals surface area contributed by atoms with Crippen molar-refractivity contribution in [1.29, 1.82) is 0 Å². The Labute approximate surface area is 199 Å². The van der Waals surface area contributed by atoms with Crippen LogP contribution in [-0.4, -0.2) is 46.1 Å². The minimum atomic E-state index is -3.86. The van der Waals surface area contributed by atoms with Crippen molar-refractivity contribution in [2.45, 2.75) is 18.4 Å². The first-order valence-electron chi connectivity index (χ1n) is 10.9. The van der Waals surface area contributed by atoms with Gasteiger partial charge in [0.1, 0.15) is 19.0 Å². The van der Waals surface area contributed by atoms with Crippen molar-refractivity contribution in [3.8, 4) is 17.2 Å². The molecule has 9 heteroatoms. The molecule has 0 unspecified atom stereocenters. The monoisotopic (exact) mass is 482 g/mol. The second kappa shape index (κ2) is 10.0. The van der Waals surface area contributed by atoms with E-state index in [4.69, 9.17) is 14.2 Å². The maximum absolute atomic E-state index is 13.2. The summed E-state index contributed by atoms with van der Waals surface area (Å²) in [5.74, 6) is 1.53. The van der Waals surface area contributed by atoms with E-state index in [1.807, 2.05) is 25.1 Å². The van der Waals surface area contributed by atoms with Gasteiger partial charge in [0, 0.05) is 24.2 Å². The number of benzene rings is 3. The van der Waals surface area contributed by atoms with Crippen LogP contribution in [0.25, 0.3) is 0 Å². The van der Waals surface area contributed by atoms with Gasteiger partial charge in [0.25, 0.3) is 15.9 Å². The largest absolute Gasteiger partial charge is 0.495 e. The van der Waals surface area contributed by atoms with Crippen LogP contribution in [-0.2, 0) is 16.6 Å². The maximum Gasteiger partial charge on any atom is 0.262 e. The fraction of sp³-hybridized carbons (Fsp3) is 0.240. The fourth-order valence-corrected chi connectivity index (χ4v) is 4.75. The summed E-state index contributed by atoms with van der Waals surface area (Å²) in [5, 5.41) is 0. The topological polar surface area (TPSA) is 94.2 Å². The number of para-hydroxylation sites is 3. The van der Waals surface area contributed by atoms with E-state index in [-0.39, 0.29) is 10.8 Å². The summed E-state index contributed by atoms with van der Waals surface area (Å²) >= 11 is 0. The molecule has 0 saturated carbocycles. The van der Waals surface area contributed by atoms with Crippen LogP contribution in [0.5, 0.6) is 17.2 Å². The second-order valence-corrected chi connectivity index (χ2v) is 9.27. The minimum Gasteiger partial charge on any atom is -0.495 e. The Hall–Kier alpha value is -3.72. The smallest absolute Gasteiger partial charge is 0.262 e. The van der Waals surface area contributed by atoms with Gasteiger partial charge in [-0.05, 0) is 49.4 Å². The number of hydrogen-bond donors (Lipinski definition) is 1. The Morgan fingerprint density at radius 2 is 1.74 bits per heavy atom. The highest BCUT2D eigenvalue weighted by molar-refractivity contribution is 7.92. The summed E-state index contributed by atoms with van der Waals surface area (Å²) in [4.78, 5) is 14.9. The quantitative estimate of drug-likeness (QED) is 0.523. The summed E-state index contributed by atoms with van der Waals surface area (Å²) < 4.78 is 44.8. The number of carbonyl (C=O) groups excluding carboxylic acids is 1. The van der Waals surface area contributed by atoms with Crippen LogP contribution in [0.1, 0.15) is 22.8 Å². The molecule has 0 radical (unpaired) electrons. The molecule has 0 aliphatic carbocycles. The van der Waals surface area contributed by atoms with E-state index in [1.165, 1.54) is 31.4 Å². The molecule has 1 heterocycles. The predicted molar refractivity (Wildman–Crippen MR) is 128 cm³/mol. The van der Waals surface area contributed by atoms with Gasteiger partial charge in [-0.15, -0.1) is 0 Å². The zero-order valence-electron chi connectivity index (χ0n) is 19.0. The van der Waals surface area contributed by atoms with Crippen molar-refractivity contribution in [3.63, 3.8) is 0 Å². The highest BCUT2D eigenvalue weighted by atomic mass is 32.2. The zero-order valence-corrected chi connectivity index (χ0v) is 19.8. The second-order valence-electron chi connectivity index (χ2n) is 7.59. The average molecular weight is 483 g/mol. The van der Waals surface area contributed by atoms with Crippen LogP contribution >= 0.6 is 0 Å². The standard InChI is InChI=1S/C25H26N2O6S/c1-3-27(17-19-7-6-10-23-24(19)33-16-15-32-23)25(28)18-11-13-20(14-12-18)34(29,30)26-21-8-4-5-9-22(21)31-2/h4-14,26H,3,15-17H2,1-2H3. The molecule has 0 fully saturated rings. The lowest BCUT2D eigenvalue weighted by Gasteiger charge is -2.25. The fourth-order valence-electron chi connectivity index (χ4n) is 3.68. The van der Waals surface area contributed by atoms with E-state index < -0.39 is 10.0 Å². The summed E-state index contributed by atoms with van der Waals surface area (Å²) in [7, 11) is -2.39. The number of nitrogens with zero attached hydrogens (tertiary/aromatic N) is 1. The first-order chi connectivity index (χ1) is 16.4. The van der Waals surface area contributed by atoms with Gasteiger partial charge in [0.05, 0.1) is 17.7 Å². The van der Waals surface area contributed by atoms with E-state index in [2.05, 4.69) is 4.72 Å². The molecule has 0 spiro atoms. The van der Waals surface area contributed by atoms with E-state index in [1.54, 1.807) is 29.2 Å². The summed E-state index contributed by atoms with van der Waals surface area (Å²) in [6.45, 7) is 3.66.